The van der Waals surface area contributed by atoms with E-state index in [0.717, 1.165) is 31.2 Å². The molecule has 0 bridgehead atoms. The fourth-order valence-corrected chi connectivity index (χ4v) is 4.21. The highest BCUT2D eigenvalue weighted by molar-refractivity contribution is 5.95. The van der Waals surface area contributed by atoms with Crippen LogP contribution in [-0.2, 0) is 14.3 Å². The third-order valence-electron chi connectivity index (χ3n) is 6.11. The largest absolute Gasteiger partial charge is 0.446 e. The van der Waals surface area contributed by atoms with Gasteiger partial charge in [0.15, 0.2) is 0 Å². The monoisotopic (exact) mass is 389 g/mol. The maximum Gasteiger partial charge on any atom is 0.417 e. The third kappa shape index (κ3) is 4.23. The third-order valence-corrected chi connectivity index (χ3v) is 6.11. The molecule has 2 aliphatic rings. The number of hydrogen-bond acceptors (Lipinski definition) is 5. The summed E-state index contributed by atoms with van der Waals surface area (Å²) >= 11 is 0. The van der Waals surface area contributed by atoms with Gasteiger partial charge >= 0.3 is 6.09 Å². The van der Waals surface area contributed by atoms with Gasteiger partial charge in [-0.25, -0.2) is 9.69 Å². The minimum absolute atomic E-state index is 0.0288. The van der Waals surface area contributed by atoms with Gasteiger partial charge in [0.25, 0.3) is 0 Å². The first kappa shape index (κ1) is 20.8. The van der Waals surface area contributed by atoms with Gasteiger partial charge in [-0.2, -0.15) is 0 Å². The van der Waals surface area contributed by atoms with Crippen LogP contribution in [0, 0.1) is 11.8 Å². The van der Waals surface area contributed by atoms with E-state index in [2.05, 4.69) is 0 Å². The normalized spacial score (nSPS) is 28.1. The number of nitrogens with zero attached hydrogens (tertiary/aromatic N) is 1. The van der Waals surface area contributed by atoms with E-state index >= 15 is 0 Å². The molecule has 6 heteroatoms. The molecule has 0 saturated carbocycles. The highest BCUT2D eigenvalue weighted by atomic mass is 16.6. The Hall–Kier alpha value is -1.92. The van der Waals surface area contributed by atoms with Gasteiger partial charge in [0.1, 0.15) is 12.6 Å². The van der Waals surface area contributed by atoms with Gasteiger partial charge in [-0.1, -0.05) is 57.5 Å². The quantitative estimate of drug-likeness (QED) is 0.770. The molecule has 1 N–H and O–H groups in total. The molecule has 0 unspecified atom stereocenters. The Bertz CT molecular complexity index is 679. The standard InChI is InChI=1S/C22H31NO5/c1-4-8-18(24)14(2)19-11-12-20(28-19)15(3)21(25)23-17(13-27-22(23)26)16-9-6-5-7-10-16/h5-7,9-10,14-15,17-20,24H,4,8,11-13H2,1-3H3/t14-,15-,17-,18-,19-,20+/m0/s1. The van der Waals surface area contributed by atoms with E-state index in [1.165, 1.54) is 4.90 Å². The summed E-state index contributed by atoms with van der Waals surface area (Å²) in [6.45, 7) is 6.04. The molecule has 6 atom stereocenters. The SMILES string of the molecule is CCC[C@H](O)[C@H](C)[C@@H]1CC[C@H]([C@H](C)C(=O)N2C(=O)OC[C@H]2c2ccccc2)O1. The van der Waals surface area contributed by atoms with Gasteiger partial charge < -0.3 is 14.6 Å². The van der Waals surface area contributed by atoms with Crippen LogP contribution >= 0.6 is 0 Å². The number of hydrogen-bond donors (Lipinski definition) is 1. The van der Waals surface area contributed by atoms with E-state index in [1.54, 1.807) is 0 Å². The highest BCUT2D eigenvalue weighted by Gasteiger charge is 2.44. The number of aliphatic hydroxyl groups is 1. The molecule has 2 aliphatic heterocycles. The van der Waals surface area contributed by atoms with Gasteiger partial charge in [-0.05, 0) is 24.8 Å². The Morgan fingerprint density at radius 2 is 1.89 bits per heavy atom. The number of rotatable bonds is 7. The zero-order chi connectivity index (χ0) is 20.3. The molecular formula is C22H31NO5. The summed E-state index contributed by atoms with van der Waals surface area (Å²) in [7, 11) is 0. The van der Waals surface area contributed by atoms with Gasteiger partial charge in [-0.15, -0.1) is 0 Å². The number of benzene rings is 1. The van der Waals surface area contributed by atoms with Crippen molar-refractivity contribution in [3.05, 3.63) is 35.9 Å². The van der Waals surface area contributed by atoms with Crippen LogP contribution in [0.5, 0.6) is 0 Å². The van der Waals surface area contributed by atoms with Crippen LogP contribution in [0.2, 0.25) is 0 Å². The second kappa shape index (κ2) is 9.05. The molecule has 1 aromatic rings. The maximum atomic E-state index is 13.1. The van der Waals surface area contributed by atoms with Crippen molar-refractivity contribution in [1.82, 2.24) is 4.90 Å². The van der Waals surface area contributed by atoms with Crippen molar-refractivity contribution < 1.29 is 24.2 Å². The van der Waals surface area contributed by atoms with Gasteiger partial charge in [0.2, 0.25) is 5.91 Å². The molecule has 28 heavy (non-hydrogen) atoms. The van der Waals surface area contributed by atoms with Crippen LogP contribution in [0.3, 0.4) is 0 Å². The Morgan fingerprint density at radius 1 is 1.21 bits per heavy atom. The van der Waals surface area contributed by atoms with Crippen molar-refractivity contribution in [2.24, 2.45) is 11.8 Å². The first-order valence-corrected chi connectivity index (χ1v) is 10.3. The molecule has 0 aromatic heterocycles. The summed E-state index contributed by atoms with van der Waals surface area (Å²) in [5.41, 5.74) is 0.885. The number of ether oxygens (including phenoxy) is 2. The molecule has 0 spiro atoms. The van der Waals surface area contributed by atoms with E-state index in [4.69, 9.17) is 9.47 Å². The minimum Gasteiger partial charge on any atom is -0.446 e. The van der Waals surface area contributed by atoms with Crippen LogP contribution < -0.4 is 0 Å². The Kier molecular flexibility index (Phi) is 6.73. The average molecular weight is 389 g/mol. The molecule has 0 radical (unpaired) electrons. The van der Waals surface area contributed by atoms with Crippen molar-refractivity contribution in [1.29, 1.82) is 0 Å². The number of cyclic esters (lactones) is 1. The second-order valence-electron chi connectivity index (χ2n) is 8.01. The topological polar surface area (TPSA) is 76.1 Å². The van der Waals surface area contributed by atoms with Gasteiger partial charge in [0, 0.05) is 5.92 Å². The van der Waals surface area contributed by atoms with Crippen LogP contribution in [0.25, 0.3) is 0 Å². The van der Waals surface area contributed by atoms with Crippen LogP contribution in [0.4, 0.5) is 4.79 Å². The molecule has 154 valence electrons. The van der Waals surface area contributed by atoms with Crippen molar-refractivity contribution in [3.8, 4) is 0 Å². The molecule has 2 fully saturated rings. The zero-order valence-corrected chi connectivity index (χ0v) is 16.9. The lowest BCUT2D eigenvalue weighted by Gasteiger charge is -2.28. The van der Waals surface area contributed by atoms with E-state index < -0.39 is 24.2 Å². The molecule has 0 aliphatic carbocycles. The van der Waals surface area contributed by atoms with E-state index in [1.807, 2.05) is 51.1 Å². The zero-order valence-electron chi connectivity index (χ0n) is 16.9. The lowest BCUT2D eigenvalue weighted by atomic mass is 9.92. The van der Waals surface area contributed by atoms with Crippen molar-refractivity contribution in [3.63, 3.8) is 0 Å². The molecule has 2 heterocycles. The van der Waals surface area contributed by atoms with Gasteiger partial charge in [0.05, 0.1) is 24.2 Å². The molecule has 2 saturated heterocycles. The second-order valence-corrected chi connectivity index (χ2v) is 8.01. The first-order valence-electron chi connectivity index (χ1n) is 10.3. The average Bonchev–Trinajstić information content (AvgIpc) is 3.34. The summed E-state index contributed by atoms with van der Waals surface area (Å²) < 4.78 is 11.3. The van der Waals surface area contributed by atoms with Crippen molar-refractivity contribution >= 4 is 12.0 Å². The van der Waals surface area contributed by atoms with E-state index in [9.17, 15) is 14.7 Å². The molecule has 1 aromatic carbocycles. The predicted molar refractivity (Wildman–Crippen MR) is 105 cm³/mol. The van der Waals surface area contributed by atoms with Crippen LogP contribution in [-0.4, -0.2) is 46.9 Å². The summed E-state index contributed by atoms with van der Waals surface area (Å²) in [6.07, 6.45) is 1.95. The van der Waals surface area contributed by atoms with E-state index in [0.29, 0.717) is 0 Å². The molecule has 2 amide bonds. The van der Waals surface area contributed by atoms with Gasteiger partial charge in [-0.3, -0.25) is 4.79 Å². The summed E-state index contributed by atoms with van der Waals surface area (Å²) in [5, 5.41) is 10.3. The maximum absolute atomic E-state index is 13.1. The first-order chi connectivity index (χ1) is 13.4. The summed E-state index contributed by atoms with van der Waals surface area (Å²) in [6, 6.07) is 9.07. The number of aliphatic hydroxyl groups excluding tert-OH is 1. The van der Waals surface area contributed by atoms with Crippen molar-refractivity contribution in [2.45, 2.75) is 70.8 Å². The number of carbonyl (C=O) groups is 2. The number of amides is 2. The predicted octanol–water partition coefficient (Wildman–Crippen LogP) is 3.69. The number of imide groups is 1. The highest BCUT2D eigenvalue weighted by Crippen LogP contribution is 2.35. The molecule has 6 nitrogen and oxygen atoms in total. The summed E-state index contributed by atoms with van der Waals surface area (Å²) in [5.74, 6) is -0.679. The fourth-order valence-electron chi connectivity index (χ4n) is 4.21. The lowest BCUT2D eigenvalue weighted by Crippen LogP contribution is -2.42. The summed E-state index contributed by atoms with van der Waals surface area (Å²) in [4.78, 5) is 26.6. The fraction of sp³-hybridized carbons (Fsp3) is 0.636. The minimum atomic E-state index is -0.591. The van der Waals surface area contributed by atoms with Crippen LogP contribution in [0.15, 0.2) is 30.3 Å². The Morgan fingerprint density at radius 3 is 2.57 bits per heavy atom. The lowest BCUT2D eigenvalue weighted by molar-refractivity contribution is -0.138. The Balaban J connectivity index is 1.66. The van der Waals surface area contributed by atoms with E-state index in [-0.39, 0.29) is 30.6 Å². The molecule has 3 rings (SSSR count). The van der Waals surface area contributed by atoms with Crippen LogP contribution in [0.1, 0.15) is 58.1 Å². The smallest absolute Gasteiger partial charge is 0.417 e. The Labute approximate surface area is 166 Å². The van der Waals surface area contributed by atoms with Crippen molar-refractivity contribution in [2.75, 3.05) is 6.61 Å². The molecular weight excluding hydrogens is 358 g/mol. The number of carbonyl (C=O) groups excluding carboxylic acids is 2.